The highest BCUT2D eigenvalue weighted by molar-refractivity contribution is 7.89. The molecule has 2 aromatic carbocycles. The highest BCUT2D eigenvalue weighted by atomic mass is 32.2. The monoisotopic (exact) mass is 475 g/mol. The number of aliphatic hydroxyl groups excluding tert-OH is 1. The van der Waals surface area contributed by atoms with Crippen molar-refractivity contribution in [2.24, 2.45) is 0 Å². The van der Waals surface area contributed by atoms with Crippen molar-refractivity contribution >= 4 is 15.7 Å². The fourth-order valence-electron chi connectivity index (χ4n) is 3.46. The second-order valence-electron chi connectivity index (χ2n) is 8.29. The minimum Gasteiger partial charge on any atom is -0.463 e. The first-order valence-electron chi connectivity index (χ1n) is 10.6. The second-order valence-corrected chi connectivity index (χ2v) is 10.0. The van der Waals surface area contributed by atoms with Gasteiger partial charge in [0.25, 0.3) is 0 Å². The van der Waals surface area contributed by atoms with Crippen LogP contribution in [0.3, 0.4) is 0 Å². The Bertz CT molecular complexity index is 1180. The molecule has 0 bridgehead atoms. The fraction of sp³-hybridized carbons (Fsp3) is 0.333. The van der Waals surface area contributed by atoms with Crippen molar-refractivity contribution in [2.45, 2.75) is 37.4 Å². The van der Waals surface area contributed by atoms with Gasteiger partial charge in [0.1, 0.15) is 17.3 Å². The van der Waals surface area contributed by atoms with Crippen molar-refractivity contribution in [3.8, 4) is 0 Å². The van der Waals surface area contributed by atoms with Crippen molar-refractivity contribution in [3.05, 3.63) is 83.1 Å². The summed E-state index contributed by atoms with van der Waals surface area (Å²) in [7, 11) is -0.145. The molecule has 0 spiro atoms. The summed E-state index contributed by atoms with van der Waals surface area (Å²) in [6.07, 6.45) is 0.318. The number of nitrogens with zero attached hydrogens (tertiary/aromatic N) is 1. The van der Waals surface area contributed by atoms with Crippen LogP contribution >= 0.6 is 0 Å². The van der Waals surface area contributed by atoms with Crippen LogP contribution in [-0.2, 0) is 29.5 Å². The third kappa shape index (κ3) is 7.13. The number of nitrogens with one attached hydrogen (secondary N) is 2. The molecule has 0 fully saturated rings. The van der Waals surface area contributed by atoms with E-state index in [4.69, 9.17) is 4.42 Å². The normalized spacial score (nSPS) is 12.8. The third-order valence-corrected chi connectivity index (χ3v) is 6.52. The first kappa shape index (κ1) is 24.9. The van der Waals surface area contributed by atoms with Gasteiger partial charge in [-0.3, -0.25) is 0 Å². The largest absolute Gasteiger partial charge is 0.463 e. The number of hydrogen-bond acceptors (Lipinski definition) is 6. The number of rotatable bonds is 11. The van der Waals surface area contributed by atoms with Gasteiger partial charge >= 0.3 is 0 Å². The van der Waals surface area contributed by atoms with Gasteiger partial charge in [-0.25, -0.2) is 17.5 Å². The van der Waals surface area contributed by atoms with Crippen molar-refractivity contribution in [3.63, 3.8) is 0 Å². The number of sulfonamides is 1. The van der Waals surface area contributed by atoms with Gasteiger partial charge in [0.2, 0.25) is 10.0 Å². The van der Waals surface area contributed by atoms with Crippen LogP contribution in [0.4, 0.5) is 10.1 Å². The molecule has 1 atom stereocenters. The highest BCUT2D eigenvalue weighted by Crippen LogP contribution is 2.21. The van der Waals surface area contributed by atoms with Gasteiger partial charge in [0, 0.05) is 6.04 Å². The molecule has 0 aliphatic rings. The summed E-state index contributed by atoms with van der Waals surface area (Å²) in [5.74, 6) is 0.748. The number of benzene rings is 2. The Morgan fingerprint density at radius 1 is 1.09 bits per heavy atom. The predicted molar refractivity (Wildman–Crippen MR) is 126 cm³/mol. The van der Waals surface area contributed by atoms with Gasteiger partial charge in [0.05, 0.1) is 30.3 Å². The van der Waals surface area contributed by atoms with Gasteiger partial charge in [0.15, 0.2) is 0 Å². The van der Waals surface area contributed by atoms with Gasteiger partial charge < -0.3 is 19.7 Å². The van der Waals surface area contributed by atoms with E-state index >= 15 is 0 Å². The first-order chi connectivity index (χ1) is 15.7. The number of anilines is 1. The average molecular weight is 476 g/mol. The predicted octanol–water partition coefficient (Wildman–Crippen LogP) is 3.28. The molecule has 0 saturated carbocycles. The van der Waals surface area contributed by atoms with E-state index in [0.717, 1.165) is 23.0 Å². The summed E-state index contributed by atoms with van der Waals surface area (Å²) in [4.78, 5) is 1.77. The van der Waals surface area contributed by atoms with Crippen LogP contribution in [0, 0.1) is 12.7 Å². The average Bonchev–Trinajstić information content (AvgIpc) is 3.18. The molecule has 3 N–H and O–H groups in total. The highest BCUT2D eigenvalue weighted by Gasteiger charge is 2.21. The Kier molecular flexibility index (Phi) is 8.25. The molecule has 1 unspecified atom stereocenters. The maximum Gasteiger partial charge on any atom is 0.241 e. The summed E-state index contributed by atoms with van der Waals surface area (Å²) < 4.78 is 48.3. The van der Waals surface area contributed by atoms with Crippen LogP contribution in [-0.4, -0.2) is 45.2 Å². The Morgan fingerprint density at radius 3 is 2.52 bits per heavy atom. The van der Waals surface area contributed by atoms with E-state index in [-0.39, 0.29) is 23.7 Å². The molecule has 3 aromatic rings. The molecule has 178 valence electrons. The van der Waals surface area contributed by atoms with E-state index in [1.165, 1.54) is 12.1 Å². The summed E-state index contributed by atoms with van der Waals surface area (Å²) >= 11 is 0. The van der Waals surface area contributed by atoms with Crippen LogP contribution in [0.1, 0.15) is 22.6 Å². The Balaban J connectivity index is 1.65. The topological polar surface area (TPSA) is 94.8 Å². The quantitative estimate of drug-likeness (QED) is 0.394. The molecule has 33 heavy (non-hydrogen) atoms. The molecule has 7 nitrogen and oxygen atoms in total. The lowest BCUT2D eigenvalue weighted by atomic mass is 10.1. The minimum atomic E-state index is -4.02. The van der Waals surface area contributed by atoms with Crippen molar-refractivity contribution in [2.75, 3.05) is 26.0 Å². The van der Waals surface area contributed by atoms with Gasteiger partial charge in [-0.05, 0) is 63.3 Å². The van der Waals surface area contributed by atoms with Crippen LogP contribution in [0.5, 0.6) is 0 Å². The Morgan fingerprint density at radius 2 is 1.85 bits per heavy atom. The standard InChI is InChI=1S/C24H30FN3O4S/c1-17-5-4-6-18(11-17)12-19(16-29)27-33(30,31)22-9-10-24(23(25)13-22)26-14-20-7-8-21(32-20)15-28(2)3/h4-11,13,19,26-27,29H,12,14-16H2,1-3H3. The molecule has 3 rings (SSSR count). The Labute approximate surface area is 194 Å². The van der Waals surface area contributed by atoms with E-state index in [0.29, 0.717) is 18.7 Å². The lowest BCUT2D eigenvalue weighted by Crippen LogP contribution is -2.39. The Hall–Kier alpha value is -2.72. The maximum absolute atomic E-state index is 14.6. The van der Waals surface area contributed by atoms with Crippen LogP contribution in [0.2, 0.25) is 0 Å². The van der Waals surface area contributed by atoms with Gasteiger partial charge in [-0.15, -0.1) is 0 Å². The van der Waals surface area contributed by atoms with Gasteiger partial charge in [-0.2, -0.15) is 0 Å². The molecular weight excluding hydrogens is 445 g/mol. The van der Waals surface area contributed by atoms with E-state index in [9.17, 15) is 17.9 Å². The van der Waals surface area contributed by atoms with Crippen molar-refractivity contribution < 1.29 is 22.3 Å². The van der Waals surface area contributed by atoms with Crippen molar-refractivity contribution in [1.29, 1.82) is 0 Å². The third-order valence-electron chi connectivity index (χ3n) is 5.00. The SMILES string of the molecule is Cc1cccc(CC(CO)NS(=O)(=O)c2ccc(NCc3ccc(CN(C)C)o3)c(F)c2)c1. The van der Waals surface area contributed by atoms with Crippen molar-refractivity contribution in [1.82, 2.24) is 9.62 Å². The van der Waals surface area contributed by atoms with E-state index in [1.54, 1.807) is 0 Å². The number of aliphatic hydroxyl groups is 1. The minimum absolute atomic E-state index is 0.165. The number of halogens is 1. The molecule has 1 heterocycles. The van der Waals surface area contributed by atoms with Gasteiger partial charge in [-0.1, -0.05) is 29.8 Å². The van der Waals surface area contributed by atoms with Crippen LogP contribution in [0.25, 0.3) is 0 Å². The molecule has 0 aliphatic heterocycles. The van der Waals surface area contributed by atoms with E-state index in [2.05, 4.69) is 10.0 Å². The van der Waals surface area contributed by atoms with E-state index < -0.39 is 21.9 Å². The maximum atomic E-state index is 14.6. The first-order valence-corrected chi connectivity index (χ1v) is 12.1. The summed E-state index contributed by atoms with van der Waals surface area (Å²) in [5, 5.41) is 12.6. The van der Waals surface area contributed by atoms with Crippen LogP contribution < -0.4 is 10.0 Å². The molecule has 0 amide bonds. The summed E-state index contributed by atoms with van der Waals surface area (Å²) in [6.45, 7) is 2.48. The molecular formula is C24H30FN3O4S. The number of furan rings is 1. The zero-order valence-electron chi connectivity index (χ0n) is 19.0. The molecule has 0 aliphatic carbocycles. The molecule has 9 heteroatoms. The lowest BCUT2D eigenvalue weighted by Gasteiger charge is -2.17. The zero-order valence-corrected chi connectivity index (χ0v) is 19.8. The summed E-state index contributed by atoms with van der Waals surface area (Å²) in [6, 6.07) is 14.2. The number of hydrogen-bond donors (Lipinski definition) is 3. The second kappa shape index (κ2) is 10.9. The zero-order chi connectivity index (χ0) is 24.0. The smallest absolute Gasteiger partial charge is 0.241 e. The lowest BCUT2D eigenvalue weighted by molar-refractivity contribution is 0.256. The summed E-state index contributed by atoms with van der Waals surface area (Å²) in [5.41, 5.74) is 2.10. The number of aryl methyl sites for hydroxylation is 1. The molecule has 1 aromatic heterocycles. The van der Waals surface area contributed by atoms with E-state index in [1.807, 2.05) is 62.3 Å². The molecule has 0 radical (unpaired) electrons. The fourth-order valence-corrected chi connectivity index (χ4v) is 4.70. The molecule has 0 saturated heterocycles. The van der Waals surface area contributed by atoms with Crippen LogP contribution in [0.15, 0.2) is 63.9 Å².